The van der Waals surface area contributed by atoms with Gasteiger partial charge in [-0.05, 0) is 25.2 Å². The minimum Gasteiger partial charge on any atom is -0.496 e. The van der Waals surface area contributed by atoms with Gasteiger partial charge in [0.2, 0.25) is 0 Å². The summed E-state index contributed by atoms with van der Waals surface area (Å²) in [4.78, 5) is 14.1. The first-order valence-electron chi connectivity index (χ1n) is 6.52. The van der Waals surface area contributed by atoms with E-state index in [2.05, 4.69) is 5.10 Å². The van der Waals surface area contributed by atoms with Gasteiger partial charge in [-0.15, -0.1) is 0 Å². The van der Waals surface area contributed by atoms with Crippen LogP contribution in [0.1, 0.15) is 15.9 Å². The minimum absolute atomic E-state index is 0.175. The van der Waals surface area contributed by atoms with Crippen LogP contribution in [-0.2, 0) is 13.6 Å². The lowest BCUT2D eigenvalue weighted by molar-refractivity contribution is 0.0939. The van der Waals surface area contributed by atoms with Crippen molar-refractivity contribution in [3.8, 4) is 5.75 Å². The van der Waals surface area contributed by atoms with Gasteiger partial charge in [0, 0.05) is 25.4 Å². The number of carbonyl (C=O) groups is 1. The maximum atomic E-state index is 13.3. The molecule has 0 N–H and O–H groups in total. The number of ketones is 1. The van der Waals surface area contributed by atoms with Crippen molar-refractivity contribution in [1.29, 1.82) is 0 Å². The van der Waals surface area contributed by atoms with Crippen molar-refractivity contribution in [2.75, 3.05) is 20.7 Å². The lowest BCUT2D eigenvalue weighted by Gasteiger charge is -2.15. The number of hydrogen-bond acceptors (Lipinski definition) is 4. The van der Waals surface area contributed by atoms with Gasteiger partial charge in [-0.1, -0.05) is 0 Å². The number of halogens is 1. The Morgan fingerprint density at radius 3 is 2.86 bits per heavy atom. The van der Waals surface area contributed by atoms with Crippen LogP contribution in [0.2, 0.25) is 0 Å². The molecule has 2 rings (SSSR count). The highest BCUT2D eigenvalue weighted by molar-refractivity contribution is 6.00. The van der Waals surface area contributed by atoms with Crippen LogP contribution in [0.15, 0.2) is 30.6 Å². The van der Waals surface area contributed by atoms with E-state index in [1.165, 1.54) is 25.3 Å². The fourth-order valence-electron chi connectivity index (χ4n) is 2.15. The normalized spacial score (nSPS) is 10.9. The van der Waals surface area contributed by atoms with Crippen molar-refractivity contribution >= 4 is 5.78 Å². The Kier molecular flexibility index (Phi) is 4.70. The van der Waals surface area contributed by atoms with Crippen LogP contribution in [0, 0.1) is 5.82 Å². The molecule has 1 heterocycles. The standard InChI is InChI=1S/C15H18FN3O2/c1-18(8-11-7-17-19(2)9-11)10-14(20)13-6-12(16)4-5-15(13)21-3/h4-7,9H,8,10H2,1-3H3. The molecule has 21 heavy (non-hydrogen) atoms. The zero-order valence-corrected chi connectivity index (χ0v) is 12.3. The zero-order chi connectivity index (χ0) is 15.4. The molecule has 1 aromatic carbocycles. The average Bonchev–Trinajstić information content (AvgIpc) is 2.83. The summed E-state index contributed by atoms with van der Waals surface area (Å²) >= 11 is 0. The maximum absolute atomic E-state index is 13.3. The summed E-state index contributed by atoms with van der Waals surface area (Å²) in [5, 5.41) is 4.08. The first kappa shape index (κ1) is 15.2. The highest BCUT2D eigenvalue weighted by Crippen LogP contribution is 2.20. The van der Waals surface area contributed by atoms with E-state index in [4.69, 9.17) is 4.74 Å². The van der Waals surface area contributed by atoms with Gasteiger partial charge in [-0.2, -0.15) is 5.10 Å². The second-order valence-electron chi connectivity index (χ2n) is 4.96. The van der Waals surface area contributed by atoms with Crippen LogP contribution >= 0.6 is 0 Å². The Bertz CT molecular complexity index is 640. The predicted molar refractivity (Wildman–Crippen MR) is 76.8 cm³/mol. The van der Waals surface area contributed by atoms with Crippen molar-refractivity contribution < 1.29 is 13.9 Å². The molecule has 0 saturated carbocycles. The third-order valence-corrected chi connectivity index (χ3v) is 3.09. The van der Waals surface area contributed by atoms with E-state index in [0.717, 1.165) is 5.56 Å². The van der Waals surface area contributed by atoms with E-state index in [1.807, 2.05) is 25.2 Å². The highest BCUT2D eigenvalue weighted by Gasteiger charge is 2.15. The molecule has 0 unspecified atom stereocenters. The molecule has 0 fully saturated rings. The van der Waals surface area contributed by atoms with Crippen LogP contribution in [-0.4, -0.2) is 41.2 Å². The molecule has 6 heteroatoms. The number of Topliss-reactive ketones (excluding diaryl/α,β-unsaturated/α-hetero) is 1. The monoisotopic (exact) mass is 291 g/mol. The smallest absolute Gasteiger partial charge is 0.180 e. The Labute approximate surface area is 122 Å². The van der Waals surface area contributed by atoms with Gasteiger partial charge in [0.25, 0.3) is 0 Å². The van der Waals surface area contributed by atoms with E-state index in [0.29, 0.717) is 12.3 Å². The summed E-state index contributed by atoms with van der Waals surface area (Å²) in [6.07, 6.45) is 3.65. The van der Waals surface area contributed by atoms with E-state index < -0.39 is 5.82 Å². The number of aryl methyl sites for hydroxylation is 1. The summed E-state index contributed by atoms with van der Waals surface area (Å²) in [6, 6.07) is 3.94. The van der Waals surface area contributed by atoms with Gasteiger partial charge >= 0.3 is 0 Å². The SMILES string of the molecule is COc1ccc(F)cc1C(=O)CN(C)Cc1cnn(C)c1. The van der Waals surface area contributed by atoms with E-state index in [-0.39, 0.29) is 17.9 Å². The molecule has 0 aliphatic carbocycles. The summed E-state index contributed by atoms with van der Waals surface area (Å²) in [7, 11) is 5.13. The highest BCUT2D eigenvalue weighted by atomic mass is 19.1. The topological polar surface area (TPSA) is 47.4 Å². The molecular weight excluding hydrogens is 273 g/mol. The molecule has 0 radical (unpaired) electrons. The third kappa shape index (κ3) is 3.88. The number of hydrogen-bond donors (Lipinski definition) is 0. The fraction of sp³-hybridized carbons (Fsp3) is 0.333. The summed E-state index contributed by atoms with van der Waals surface area (Å²) in [5.41, 5.74) is 1.27. The van der Waals surface area contributed by atoms with Gasteiger partial charge in [-0.3, -0.25) is 14.4 Å². The molecule has 0 aliphatic heterocycles. The minimum atomic E-state index is -0.450. The van der Waals surface area contributed by atoms with Crippen LogP contribution < -0.4 is 4.74 Å². The molecule has 0 spiro atoms. The Balaban J connectivity index is 2.05. The summed E-state index contributed by atoms with van der Waals surface area (Å²) < 4.78 is 20.1. The maximum Gasteiger partial charge on any atom is 0.180 e. The quantitative estimate of drug-likeness (QED) is 0.763. The number of carbonyl (C=O) groups excluding carboxylic acids is 1. The average molecular weight is 291 g/mol. The number of rotatable bonds is 6. The van der Waals surface area contributed by atoms with Gasteiger partial charge in [0.1, 0.15) is 11.6 Å². The van der Waals surface area contributed by atoms with Crippen LogP contribution in [0.4, 0.5) is 4.39 Å². The van der Waals surface area contributed by atoms with E-state index in [1.54, 1.807) is 10.9 Å². The molecule has 0 atom stereocenters. The lowest BCUT2D eigenvalue weighted by Crippen LogP contribution is -2.25. The van der Waals surface area contributed by atoms with Crippen LogP contribution in [0.5, 0.6) is 5.75 Å². The molecule has 2 aromatic rings. The van der Waals surface area contributed by atoms with Crippen molar-refractivity contribution in [3.63, 3.8) is 0 Å². The summed E-state index contributed by atoms with van der Waals surface area (Å²) in [5.74, 6) is -0.247. The van der Waals surface area contributed by atoms with Crippen LogP contribution in [0.3, 0.4) is 0 Å². The number of benzene rings is 1. The van der Waals surface area contributed by atoms with Crippen molar-refractivity contribution in [2.45, 2.75) is 6.54 Å². The van der Waals surface area contributed by atoms with Crippen molar-refractivity contribution in [1.82, 2.24) is 14.7 Å². The second kappa shape index (κ2) is 6.49. The largest absolute Gasteiger partial charge is 0.496 e. The first-order valence-corrected chi connectivity index (χ1v) is 6.52. The molecule has 0 amide bonds. The molecule has 5 nitrogen and oxygen atoms in total. The summed E-state index contributed by atoms with van der Waals surface area (Å²) in [6.45, 7) is 0.770. The van der Waals surface area contributed by atoms with E-state index in [9.17, 15) is 9.18 Å². The van der Waals surface area contributed by atoms with Gasteiger partial charge in [0.05, 0.1) is 25.4 Å². The molecule has 0 bridgehead atoms. The number of likely N-dealkylation sites (N-methyl/N-ethyl adjacent to an activating group) is 1. The molecule has 0 aliphatic rings. The van der Waals surface area contributed by atoms with Gasteiger partial charge < -0.3 is 4.74 Å². The second-order valence-corrected chi connectivity index (χ2v) is 4.96. The molecular formula is C15H18FN3O2. The third-order valence-electron chi connectivity index (χ3n) is 3.09. The Morgan fingerprint density at radius 2 is 2.24 bits per heavy atom. The zero-order valence-electron chi connectivity index (χ0n) is 12.3. The van der Waals surface area contributed by atoms with Gasteiger partial charge in [0.15, 0.2) is 5.78 Å². The number of ether oxygens (including phenoxy) is 1. The number of aromatic nitrogens is 2. The predicted octanol–water partition coefficient (Wildman–Crippen LogP) is 1.88. The first-order chi connectivity index (χ1) is 9.99. The Hall–Kier alpha value is -2.21. The van der Waals surface area contributed by atoms with Crippen molar-refractivity contribution in [2.24, 2.45) is 7.05 Å². The van der Waals surface area contributed by atoms with Crippen LogP contribution in [0.25, 0.3) is 0 Å². The van der Waals surface area contributed by atoms with Gasteiger partial charge in [-0.25, -0.2) is 4.39 Å². The Morgan fingerprint density at radius 1 is 1.48 bits per heavy atom. The van der Waals surface area contributed by atoms with E-state index >= 15 is 0 Å². The van der Waals surface area contributed by atoms with Crippen molar-refractivity contribution in [3.05, 3.63) is 47.5 Å². The number of methoxy groups -OCH3 is 1. The molecule has 1 aromatic heterocycles. The molecule has 0 saturated heterocycles. The lowest BCUT2D eigenvalue weighted by atomic mass is 10.1. The fourth-order valence-corrected chi connectivity index (χ4v) is 2.15. The molecule has 112 valence electrons. The number of nitrogens with zero attached hydrogens (tertiary/aromatic N) is 3.